The first-order valence-electron chi connectivity index (χ1n) is 8.24. The fourth-order valence-electron chi connectivity index (χ4n) is 2.81. The summed E-state index contributed by atoms with van der Waals surface area (Å²) in [5.41, 5.74) is 1.21. The number of nitrogens with zero attached hydrogens (tertiary/aromatic N) is 4. The van der Waals surface area contributed by atoms with E-state index < -0.39 is 0 Å². The van der Waals surface area contributed by atoms with Gasteiger partial charge in [0, 0.05) is 24.7 Å². The largest absolute Gasteiger partial charge is 0.368 e. The molecule has 0 bridgehead atoms. The number of nitrogens with one attached hydrogen (secondary N) is 1. The third-order valence-electron chi connectivity index (χ3n) is 4.05. The average molecular weight is 332 g/mol. The minimum Gasteiger partial charge on any atom is -0.368 e. The van der Waals surface area contributed by atoms with E-state index in [1.807, 2.05) is 18.2 Å². The van der Waals surface area contributed by atoms with Crippen LogP contribution in [-0.2, 0) is 6.42 Å². The Morgan fingerprint density at radius 2 is 1.96 bits per heavy atom. The number of hydrogen-bond donors (Lipinski definition) is 1. The second kappa shape index (κ2) is 8.11. The van der Waals surface area contributed by atoms with Crippen LogP contribution in [0.4, 0.5) is 11.8 Å². The first-order valence-corrected chi connectivity index (χ1v) is 8.62. The van der Waals surface area contributed by atoms with Crippen LogP contribution >= 0.6 is 11.6 Å². The average Bonchev–Trinajstić information content (AvgIpc) is 2.85. The zero-order chi connectivity index (χ0) is 15.9. The normalized spacial score (nSPS) is 15.3. The molecule has 1 fully saturated rings. The summed E-state index contributed by atoms with van der Waals surface area (Å²) >= 11 is 6.00. The predicted molar refractivity (Wildman–Crippen MR) is 94.2 cm³/mol. The Morgan fingerprint density at radius 3 is 2.74 bits per heavy atom. The third-order valence-corrected chi connectivity index (χ3v) is 4.28. The van der Waals surface area contributed by atoms with Crippen LogP contribution in [0, 0.1) is 0 Å². The molecule has 0 aliphatic carbocycles. The van der Waals surface area contributed by atoms with Gasteiger partial charge in [-0.25, -0.2) is 0 Å². The van der Waals surface area contributed by atoms with Gasteiger partial charge in [-0.2, -0.15) is 10.1 Å². The molecule has 122 valence electrons. The Labute approximate surface area is 142 Å². The van der Waals surface area contributed by atoms with Gasteiger partial charge < -0.3 is 10.2 Å². The fraction of sp³-hybridized carbons (Fsp3) is 0.471. The molecule has 3 rings (SSSR count). The molecule has 5 nitrogen and oxygen atoms in total. The van der Waals surface area contributed by atoms with Crippen LogP contribution in [0.25, 0.3) is 0 Å². The monoisotopic (exact) mass is 331 g/mol. The van der Waals surface area contributed by atoms with Crippen molar-refractivity contribution in [1.29, 1.82) is 0 Å². The molecule has 0 spiro atoms. The van der Waals surface area contributed by atoms with Crippen molar-refractivity contribution in [2.75, 3.05) is 29.9 Å². The number of benzene rings is 1. The van der Waals surface area contributed by atoms with E-state index in [-0.39, 0.29) is 0 Å². The van der Waals surface area contributed by atoms with E-state index in [2.05, 4.69) is 31.5 Å². The Hall–Kier alpha value is -1.88. The van der Waals surface area contributed by atoms with Gasteiger partial charge in [0.1, 0.15) is 0 Å². The summed E-state index contributed by atoms with van der Waals surface area (Å²) in [5.74, 6) is 1.51. The first-order chi connectivity index (χ1) is 11.3. The van der Waals surface area contributed by atoms with Gasteiger partial charge in [0.2, 0.25) is 5.95 Å². The summed E-state index contributed by atoms with van der Waals surface area (Å²) in [5, 5.41) is 12.4. The van der Waals surface area contributed by atoms with Gasteiger partial charge in [0.15, 0.2) is 5.82 Å². The maximum absolute atomic E-state index is 6.00. The van der Waals surface area contributed by atoms with Crippen molar-refractivity contribution in [3.8, 4) is 0 Å². The molecule has 0 unspecified atom stereocenters. The van der Waals surface area contributed by atoms with Crippen molar-refractivity contribution in [2.45, 2.75) is 32.1 Å². The minimum atomic E-state index is 0.736. The highest BCUT2D eigenvalue weighted by atomic mass is 35.5. The molecule has 6 heteroatoms. The summed E-state index contributed by atoms with van der Waals surface area (Å²) in [6.07, 6.45) is 7.57. The lowest BCUT2D eigenvalue weighted by molar-refractivity contribution is 0.726. The topological polar surface area (TPSA) is 53.9 Å². The lowest BCUT2D eigenvalue weighted by Gasteiger charge is -2.19. The van der Waals surface area contributed by atoms with Crippen molar-refractivity contribution in [3.63, 3.8) is 0 Å². The maximum atomic E-state index is 6.00. The summed E-state index contributed by atoms with van der Waals surface area (Å²) in [7, 11) is 0. The van der Waals surface area contributed by atoms with Crippen LogP contribution in [0.15, 0.2) is 30.5 Å². The molecule has 1 aliphatic heterocycles. The zero-order valence-electron chi connectivity index (χ0n) is 13.2. The lowest BCUT2D eigenvalue weighted by Crippen LogP contribution is -2.26. The van der Waals surface area contributed by atoms with E-state index in [0.29, 0.717) is 0 Å². The Kier molecular flexibility index (Phi) is 5.64. The van der Waals surface area contributed by atoms with Gasteiger partial charge >= 0.3 is 0 Å². The van der Waals surface area contributed by atoms with Gasteiger partial charge in [-0.1, -0.05) is 36.6 Å². The summed E-state index contributed by atoms with van der Waals surface area (Å²) < 4.78 is 0. The minimum absolute atomic E-state index is 0.736. The standard InChI is InChI=1S/C17H22ClN5/c18-15-7-5-6-14(12-15)8-9-19-16-13-20-22-17(21-16)23-10-3-1-2-4-11-23/h5-7,12-13H,1-4,8-11H2,(H,19,21,22). The molecule has 0 saturated carbocycles. The highest BCUT2D eigenvalue weighted by Gasteiger charge is 2.13. The van der Waals surface area contributed by atoms with Crippen molar-refractivity contribution < 1.29 is 0 Å². The van der Waals surface area contributed by atoms with Gasteiger partial charge in [0.25, 0.3) is 0 Å². The molecule has 1 aliphatic rings. The molecule has 1 saturated heterocycles. The predicted octanol–water partition coefficient (Wildman–Crippen LogP) is 3.56. The molecule has 0 radical (unpaired) electrons. The molecular weight excluding hydrogens is 310 g/mol. The molecule has 0 amide bonds. The van der Waals surface area contributed by atoms with Gasteiger partial charge in [-0.05, 0) is 37.0 Å². The van der Waals surface area contributed by atoms with Crippen molar-refractivity contribution in [1.82, 2.24) is 15.2 Å². The van der Waals surface area contributed by atoms with E-state index >= 15 is 0 Å². The number of halogens is 1. The van der Waals surface area contributed by atoms with Gasteiger partial charge in [-0.15, -0.1) is 5.10 Å². The SMILES string of the molecule is Clc1cccc(CCNc2cnnc(N3CCCCCC3)n2)c1. The molecular formula is C17H22ClN5. The van der Waals surface area contributed by atoms with E-state index in [1.54, 1.807) is 6.20 Å². The molecule has 2 aromatic rings. The molecule has 1 aromatic heterocycles. The van der Waals surface area contributed by atoms with Crippen LogP contribution in [-0.4, -0.2) is 34.8 Å². The van der Waals surface area contributed by atoms with Crippen molar-refractivity contribution >= 4 is 23.4 Å². The van der Waals surface area contributed by atoms with Crippen molar-refractivity contribution in [2.24, 2.45) is 0 Å². The second-order valence-corrected chi connectivity index (χ2v) is 6.29. The van der Waals surface area contributed by atoms with Crippen molar-refractivity contribution in [3.05, 3.63) is 41.0 Å². The van der Waals surface area contributed by atoms with E-state index in [4.69, 9.17) is 11.6 Å². The quantitative estimate of drug-likeness (QED) is 0.907. The number of aromatic nitrogens is 3. The van der Waals surface area contributed by atoms with Crippen LogP contribution in [0.2, 0.25) is 5.02 Å². The van der Waals surface area contributed by atoms with E-state index in [0.717, 1.165) is 42.8 Å². The molecule has 1 N–H and O–H groups in total. The number of anilines is 2. The lowest BCUT2D eigenvalue weighted by atomic mass is 10.1. The molecule has 23 heavy (non-hydrogen) atoms. The molecule has 0 atom stereocenters. The number of hydrogen-bond acceptors (Lipinski definition) is 5. The Bertz CT molecular complexity index is 626. The van der Waals surface area contributed by atoms with E-state index in [1.165, 1.54) is 31.2 Å². The molecule has 2 heterocycles. The molecule has 1 aromatic carbocycles. The second-order valence-electron chi connectivity index (χ2n) is 5.85. The van der Waals surface area contributed by atoms with E-state index in [9.17, 15) is 0 Å². The van der Waals surface area contributed by atoms with Crippen LogP contribution in [0.5, 0.6) is 0 Å². The smallest absolute Gasteiger partial charge is 0.247 e. The Balaban J connectivity index is 1.56. The first kappa shape index (κ1) is 16.0. The number of rotatable bonds is 5. The summed E-state index contributed by atoms with van der Waals surface area (Å²) in [6, 6.07) is 7.93. The highest BCUT2D eigenvalue weighted by molar-refractivity contribution is 6.30. The summed E-state index contributed by atoms with van der Waals surface area (Å²) in [4.78, 5) is 6.84. The van der Waals surface area contributed by atoms with Gasteiger partial charge in [0.05, 0.1) is 6.20 Å². The Morgan fingerprint density at radius 1 is 1.13 bits per heavy atom. The fourth-order valence-corrected chi connectivity index (χ4v) is 3.02. The highest BCUT2D eigenvalue weighted by Crippen LogP contribution is 2.16. The van der Waals surface area contributed by atoms with Gasteiger partial charge in [-0.3, -0.25) is 0 Å². The van der Waals surface area contributed by atoms with Crippen LogP contribution in [0.1, 0.15) is 31.2 Å². The van der Waals surface area contributed by atoms with Crippen LogP contribution < -0.4 is 10.2 Å². The third kappa shape index (κ3) is 4.79. The summed E-state index contributed by atoms with van der Waals surface area (Å²) in [6.45, 7) is 2.83. The maximum Gasteiger partial charge on any atom is 0.247 e. The van der Waals surface area contributed by atoms with Crippen LogP contribution in [0.3, 0.4) is 0 Å². The zero-order valence-corrected chi connectivity index (χ0v) is 14.0.